The molecule has 2 nitrogen and oxygen atoms in total. The molecule has 1 N–H and O–H groups in total. The van der Waals surface area contributed by atoms with Crippen molar-refractivity contribution in [2.75, 3.05) is 31.5 Å². The molecule has 0 heterocycles. The minimum Gasteiger partial charge on any atom is -0.313 e. The lowest BCUT2D eigenvalue weighted by atomic mass is 10.1. The van der Waals surface area contributed by atoms with Crippen molar-refractivity contribution in [2.45, 2.75) is 33.7 Å². The summed E-state index contributed by atoms with van der Waals surface area (Å²) in [7, 11) is 0. The first-order valence-corrected chi connectivity index (χ1v) is 6.79. The van der Waals surface area contributed by atoms with Crippen molar-refractivity contribution in [1.29, 1.82) is 0 Å². The summed E-state index contributed by atoms with van der Waals surface area (Å²) >= 11 is 3.51. The number of halogens is 1. The van der Waals surface area contributed by atoms with Crippen molar-refractivity contribution >= 4 is 15.9 Å². The molecule has 14 heavy (non-hydrogen) atoms. The molecule has 0 aromatic rings. The predicted molar refractivity (Wildman–Crippen MR) is 68.2 cm³/mol. The average Bonchev–Trinajstić information content (AvgIpc) is 2.22. The monoisotopic (exact) mass is 264 g/mol. The first-order chi connectivity index (χ1) is 6.65. The van der Waals surface area contributed by atoms with Crippen LogP contribution >= 0.6 is 15.9 Å². The number of nitrogens with zero attached hydrogens (tertiary/aromatic N) is 1. The molecule has 0 fully saturated rings. The van der Waals surface area contributed by atoms with E-state index in [1.807, 2.05) is 0 Å². The van der Waals surface area contributed by atoms with Crippen molar-refractivity contribution in [3.05, 3.63) is 0 Å². The standard InChI is InChI=1S/C11H25BrN2/c1-5-14(6-2)8-7-13-11(4)10(3)9-12/h10-11,13H,5-9H2,1-4H3. The van der Waals surface area contributed by atoms with Gasteiger partial charge in [-0.1, -0.05) is 36.7 Å². The summed E-state index contributed by atoms with van der Waals surface area (Å²) in [5.74, 6) is 0.701. The smallest absolute Gasteiger partial charge is 0.0107 e. The van der Waals surface area contributed by atoms with Gasteiger partial charge in [0, 0.05) is 24.5 Å². The van der Waals surface area contributed by atoms with Gasteiger partial charge in [-0.25, -0.2) is 0 Å². The van der Waals surface area contributed by atoms with Gasteiger partial charge in [0.25, 0.3) is 0 Å². The minimum atomic E-state index is 0.602. The number of likely N-dealkylation sites (N-methyl/N-ethyl adjacent to an activating group) is 1. The van der Waals surface area contributed by atoms with Crippen LogP contribution in [0.1, 0.15) is 27.7 Å². The minimum absolute atomic E-state index is 0.602. The second kappa shape index (κ2) is 8.69. The lowest BCUT2D eigenvalue weighted by molar-refractivity contribution is 0.291. The van der Waals surface area contributed by atoms with E-state index < -0.39 is 0 Å². The van der Waals surface area contributed by atoms with Gasteiger partial charge in [-0.15, -0.1) is 0 Å². The highest BCUT2D eigenvalue weighted by atomic mass is 79.9. The van der Waals surface area contributed by atoms with E-state index in [0.29, 0.717) is 12.0 Å². The lowest BCUT2D eigenvalue weighted by Gasteiger charge is -2.22. The molecule has 0 aromatic heterocycles. The Morgan fingerprint density at radius 2 is 1.79 bits per heavy atom. The molecular formula is C11H25BrN2. The van der Waals surface area contributed by atoms with Crippen molar-refractivity contribution in [3.63, 3.8) is 0 Å². The van der Waals surface area contributed by atoms with E-state index in [0.717, 1.165) is 31.5 Å². The van der Waals surface area contributed by atoms with Gasteiger partial charge >= 0.3 is 0 Å². The Hall–Kier alpha value is 0.400. The van der Waals surface area contributed by atoms with E-state index in [1.54, 1.807) is 0 Å². The van der Waals surface area contributed by atoms with Gasteiger partial charge in [0.15, 0.2) is 0 Å². The third-order valence-electron chi connectivity index (χ3n) is 2.89. The van der Waals surface area contributed by atoms with E-state index in [-0.39, 0.29) is 0 Å². The average molecular weight is 265 g/mol. The van der Waals surface area contributed by atoms with Crippen LogP contribution < -0.4 is 5.32 Å². The van der Waals surface area contributed by atoms with Crippen LogP contribution in [0.4, 0.5) is 0 Å². The van der Waals surface area contributed by atoms with Crippen molar-refractivity contribution < 1.29 is 0 Å². The summed E-state index contributed by atoms with van der Waals surface area (Å²) in [6, 6.07) is 0.602. The summed E-state index contributed by atoms with van der Waals surface area (Å²) in [5, 5.41) is 4.64. The maximum atomic E-state index is 3.56. The van der Waals surface area contributed by atoms with Crippen LogP contribution in [-0.2, 0) is 0 Å². The maximum absolute atomic E-state index is 3.56. The fraction of sp³-hybridized carbons (Fsp3) is 1.00. The van der Waals surface area contributed by atoms with Crippen LogP contribution in [0.2, 0.25) is 0 Å². The van der Waals surface area contributed by atoms with Gasteiger partial charge in [-0.05, 0) is 25.9 Å². The van der Waals surface area contributed by atoms with Gasteiger partial charge in [-0.3, -0.25) is 0 Å². The van der Waals surface area contributed by atoms with Crippen molar-refractivity contribution in [3.8, 4) is 0 Å². The Labute approximate surface area is 97.6 Å². The zero-order valence-corrected chi connectivity index (χ0v) is 11.6. The van der Waals surface area contributed by atoms with Crippen LogP contribution in [0.5, 0.6) is 0 Å². The highest BCUT2D eigenvalue weighted by Gasteiger charge is 2.09. The predicted octanol–water partition coefficient (Wildman–Crippen LogP) is 2.34. The molecule has 0 saturated heterocycles. The molecule has 0 rings (SSSR count). The van der Waals surface area contributed by atoms with Crippen LogP contribution in [0.25, 0.3) is 0 Å². The Balaban J connectivity index is 3.52. The summed E-state index contributed by atoms with van der Waals surface area (Å²) in [6.07, 6.45) is 0. The van der Waals surface area contributed by atoms with Crippen molar-refractivity contribution in [1.82, 2.24) is 10.2 Å². The van der Waals surface area contributed by atoms with Crippen LogP contribution in [0.15, 0.2) is 0 Å². The fourth-order valence-electron chi connectivity index (χ4n) is 1.32. The van der Waals surface area contributed by atoms with Crippen molar-refractivity contribution in [2.24, 2.45) is 5.92 Å². The molecule has 2 unspecified atom stereocenters. The van der Waals surface area contributed by atoms with E-state index in [4.69, 9.17) is 0 Å². The van der Waals surface area contributed by atoms with E-state index in [9.17, 15) is 0 Å². The largest absolute Gasteiger partial charge is 0.313 e. The topological polar surface area (TPSA) is 15.3 Å². The molecule has 0 aliphatic carbocycles. The Kier molecular flexibility index (Phi) is 8.94. The second-order valence-corrected chi connectivity index (χ2v) is 4.55. The summed E-state index contributed by atoms with van der Waals surface area (Å²) in [4.78, 5) is 2.44. The molecule has 0 saturated carbocycles. The van der Waals surface area contributed by atoms with Gasteiger partial charge in [0.05, 0.1) is 0 Å². The number of hydrogen-bond donors (Lipinski definition) is 1. The van der Waals surface area contributed by atoms with E-state index in [2.05, 4.69) is 53.8 Å². The summed E-state index contributed by atoms with van der Waals surface area (Å²) < 4.78 is 0. The molecule has 0 aliphatic heterocycles. The highest BCUT2D eigenvalue weighted by Crippen LogP contribution is 2.05. The summed E-state index contributed by atoms with van der Waals surface area (Å²) in [5.41, 5.74) is 0. The summed E-state index contributed by atoms with van der Waals surface area (Å²) in [6.45, 7) is 13.5. The van der Waals surface area contributed by atoms with Crippen LogP contribution in [0, 0.1) is 5.92 Å². The molecular weight excluding hydrogens is 240 g/mol. The first-order valence-electron chi connectivity index (χ1n) is 5.67. The fourth-order valence-corrected chi connectivity index (χ4v) is 1.89. The molecule has 86 valence electrons. The number of hydrogen-bond acceptors (Lipinski definition) is 2. The molecule has 0 aromatic carbocycles. The van der Waals surface area contributed by atoms with Gasteiger partial charge in [-0.2, -0.15) is 0 Å². The molecule has 0 spiro atoms. The number of rotatable bonds is 8. The third-order valence-corrected chi connectivity index (χ3v) is 3.91. The number of alkyl halides is 1. The van der Waals surface area contributed by atoms with E-state index in [1.165, 1.54) is 0 Å². The van der Waals surface area contributed by atoms with Gasteiger partial charge < -0.3 is 10.2 Å². The SMILES string of the molecule is CCN(CC)CCNC(C)C(C)CBr. The first kappa shape index (κ1) is 14.4. The third kappa shape index (κ3) is 5.99. The molecule has 0 amide bonds. The quantitative estimate of drug-likeness (QED) is 0.678. The second-order valence-electron chi connectivity index (χ2n) is 3.90. The van der Waals surface area contributed by atoms with Gasteiger partial charge in [0.2, 0.25) is 0 Å². The Morgan fingerprint density at radius 3 is 2.21 bits per heavy atom. The molecule has 0 aliphatic rings. The maximum Gasteiger partial charge on any atom is 0.0107 e. The van der Waals surface area contributed by atoms with E-state index >= 15 is 0 Å². The Morgan fingerprint density at radius 1 is 1.21 bits per heavy atom. The highest BCUT2D eigenvalue weighted by molar-refractivity contribution is 9.09. The zero-order valence-electron chi connectivity index (χ0n) is 10.0. The molecule has 2 atom stereocenters. The normalized spacial score (nSPS) is 15.9. The molecule has 0 radical (unpaired) electrons. The zero-order chi connectivity index (χ0) is 11.0. The van der Waals surface area contributed by atoms with Crippen LogP contribution in [-0.4, -0.2) is 42.5 Å². The van der Waals surface area contributed by atoms with Crippen LogP contribution in [0.3, 0.4) is 0 Å². The lowest BCUT2D eigenvalue weighted by Crippen LogP contribution is -2.39. The number of nitrogens with one attached hydrogen (secondary N) is 1. The molecule has 0 bridgehead atoms. The molecule has 3 heteroatoms. The Bertz CT molecular complexity index is 126. The van der Waals surface area contributed by atoms with Gasteiger partial charge in [0.1, 0.15) is 0 Å².